The van der Waals surface area contributed by atoms with Crippen LogP contribution in [-0.4, -0.2) is 17.5 Å². The summed E-state index contributed by atoms with van der Waals surface area (Å²) >= 11 is 0. The van der Waals surface area contributed by atoms with Crippen LogP contribution in [0.1, 0.15) is 40.0 Å². The molecule has 1 fully saturated rings. The van der Waals surface area contributed by atoms with Gasteiger partial charge in [-0.1, -0.05) is 6.42 Å². The van der Waals surface area contributed by atoms with Gasteiger partial charge in [0, 0.05) is 6.04 Å². The Bertz CT molecular complexity index is 192. The van der Waals surface area contributed by atoms with E-state index in [-0.39, 0.29) is 11.9 Å². The highest BCUT2D eigenvalue weighted by molar-refractivity contribution is 5.85. The van der Waals surface area contributed by atoms with Crippen LogP contribution in [0.4, 0.5) is 0 Å². The Morgan fingerprint density at radius 3 is 2.38 bits per heavy atom. The summed E-state index contributed by atoms with van der Waals surface area (Å²) < 4.78 is 0. The molecule has 0 aromatic carbocycles. The lowest BCUT2D eigenvalue weighted by Crippen LogP contribution is -2.53. The molecule has 0 aromatic heterocycles. The molecule has 0 bridgehead atoms. The lowest BCUT2D eigenvalue weighted by atomic mass is 9.80. The average Bonchev–Trinajstić information content (AvgIpc) is 1.79. The Labute approximate surface area is 80.1 Å². The maximum absolute atomic E-state index is 11.5. The van der Waals surface area contributed by atoms with Crippen molar-refractivity contribution < 1.29 is 4.79 Å². The molecule has 13 heavy (non-hydrogen) atoms. The lowest BCUT2D eigenvalue weighted by molar-refractivity contribution is -0.126. The Morgan fingerprint density at radius 2 is 2.08 bits per heavy atom. The molecule has 1 saturated carbocycles. The third kappa shape index (κ3) is 2.69. The zero-order chi connectivity index (χ0) is 10.1. The zero-order valence-corrected chi connectivity index (χ0v) is 8.76. The van der Waals surface area contributed by atoms with Gasteiger partial charge in [-0.25, -0.2) is 0 Å². The highest BCUT2D eigenvalue weighted by atomic mass is 16.2. The van der Waals surface area contributed by atoms with E-state index in [1.807, 2.05) is 0 Å². The molecule has 0 heterocycles. The molecular formula is C10H20N2O. The van der Waals surface area contributed by atoms with Gasteiger partial charge in [0.05, 0.1) is 5.54 Å². The van der Waals surface area contributed by atoms with E-state index in [9.17, 15) is 4.79 Å². The molecule has 1 atom stereocenters. The molecule has 0 spiro atoms. The molecule has 3 nitrogen and oxygen atoms in total. The number of hydrogen-bond acceptors (Lipinski definition) is 2. The summed E-state index contributed by atoms with van der Waals surface area (Å²) in [5.74, 6) is 0.623. The van der Waals surface area contributed by atoms with Crippen LogP contribution in [0, 0.1) is 5.92 Å². The van der Waals surface area contributed by atoms with E-state index in [0.29, 0.717) is 5.92 Å². The first-order valence-electron chi connectivity index (χ1n) is 5.01. The summed E-state index contributed by atoms with van der Waals surface area (Å²) in [6.45, 7) is 5.53. The van der Waals surface area contributed by atoms with Crippen LogP contribution in [0.25, 0.3) is 0 Å². The Balaban J connectivity index is 2.35. The maximum atomic E-state index is 11.5. The zero-order valence-electron chi connectivity index (χ0n) is 8.76. The SMILES string of the molecule is CC(NC(=O)C(C)(C)N)C1CCC1. The molecule has 1 amide bonds. The van der Waals surface area contributed by atoms with Gasteiger partial charge in [0.15, 0.2) is 0 Å². The summed E-state index contributed by atoms with van der Waals surface area (Å²) in [7, 11) is 0. The molecule has 1 aliphatic rings. The topological polar surface area (TPSA) is 55.1 Å². The number of nitrogens with two attached hydrogens (primary N) is 1. The summed E-state index contributed by atoms with van der Waals surface area (Å²) in [6.07, 6.45) is 3.79. The van der Waals surface area contributed by atoms with Gasteiger partial charge in [-0.3, -0.25) is 4.79 Å². The van der Waals surface area contributed by atoms with Crippen LogP contribution < -0.4 is 11.1 Å². The van der Waals surface area contributed by atoms with Gasteiger partial charge in [0.1, 0.15) is 0 Å². The number of carbonyl (C=O) groups excluding carboxylic acids is 1. The van der Waals surface area contributed by atoms with Crippen molar-refractivity contribution in [3.8, 4) is 0 Å². The molecule has 0 saturated heterocycles. The number of nitrogens with one attached hydrogen (secondary N) is 1. The van der Waals surface area contributed by atoms with Gasteiger partial charge in [-0.05, 0) is 39.5 Å². The van der Waals surface area contributed by atoms with E-state index in [1.54, 1.807) is 13.8 Å². The Kier molecular flexibility index (Phi) is 2.96. The molecule has 3 heteroatoms. The van der Waals surface area contributed by atoms with Gasteiger partial charge in [-0.2, -0.15) is 0 Å². The van der Waals surface area contributed by atoms with Crippen LogP contribution in [0.3, 0.4) is 0 Å². The summed E-state index contributed by atoms with van der Waals surface area (Å²) in [5.41, 5.74) is 4.92. The molecule has 0 radical (unpaired) electrons. The van der Waals surface area contributed by atoms with Crippen molar-refractivity contribution in [2.75, 3.05) is 0 Å². The summed E-state index contributed by atoms with van der Waals surface area (Å²) in [4.78, 5) is 11.5. The first kappa shape index (κ1) is 10.5. The van der Waals surface area contributed by atoms with E-state index in [4.69, 9.17) is 5.73 Å². The molecular weight excluding hydrogens is 164 g/mol. The van der Waals surface area contributed by atoms with Crippen molar-refractivity contribution in [3.63, 3.8) is 0 Å². The van der Waals surface area contributed by atoms with Crippen LogP contribution in [0.5, 0.6) is 0 Å². The van der Waals surface area contributed by atoms with Crippen molar-refractivity contribution >= 4 is 5.91 Å². The van der Waals surface area contributed by atoms with Crippen molar-refractivity contribution in [3.05, 3.63) is 0 Å². The number of hydrogen-bond donors (Lipinski definition) is 2. The summed E-state index contributed by atoms with van der Waals surface area (Å²) in [5, 5.41) is 2.96. The second-order valence-corrected chi connectivity index (χ2v) is 4.67. The second kappa shape index (κ2) is 3.66. The average molecular weight is 184 g/mol. The molecule has 0 aliphatic heterocycles. The minimum absolute atomic E-state index is 0.0492. The third-order valence-electron chi connectivity index (χ3n) is 2.80. The molecule has 1 aliphatic carbocycles. The van der Waals surface area contributed by atoms with Gasteiger partial charge >= 0.3 is 0 Å². The third-order valence-corrected chi connectivity index (χ3v) is 2.80. The fraction of sp³-hybridized carbons (Fsp3) is 0.900. The van der Waals surface area contributed by atoms with Gasteiger partial charge in [0.2, 0.25) is 5.91 Å². The van der Waals surface area contributed by atoms with E-state index in [1.165, 1.54) is 19.3 Å². The number of amides is 1. The molecule has 0 aromatic rings. The predicted molar refractivity (Wildman–Crippen MR) is 53.2 cm³/mol. The van der Waals surface area contributed by atoms with Crippen LogP contribution >= 0.6 is 0 Å². The van der Waals surface area contributed by atoms with Crippen LogP contribution in [0.2, 0.25) is 0 Å². The lowest BCUT2D eigenvalue weighted by Gasteiger charge is -2.33. The number of carbonyl (C=O) groups is 1. The smallest absolute Gasteiger partial charge is 0.239 e. The van der Waals surface area contributed by atoms with Gasteiger partial charge in [-0.15, -0.1) is 0 Å². The van der Waals surface area contributed by atoms with Crippen LogP contribution in [-0.2, 0) is 4.79 Å². The largest absolute Gasteiger partial charge is 0.352 e. The van der Waals surface area contributed by atoms with E-state index in [2.05, 4.69) is 12.2 Å². The van der Waals surface area contributed by atoms with Crippen molar-refractivity contribution in [2.24, 2.45) is 11.7 Å². The van der Waals surface area contributed by atoms with Crippen molar-refractivity contribution in [1.82, 2.24) is 5.32 Å². The van der Waals surface area contributed by atoms with Crippen molar-refractivity contribution in [2.45, 2.75) is 51.6 Å². The van der Waals surface area contributed by atoms with E-state index >= 15 is 0 Å². The minimum atomic E-state index is -0.752. The van der Waals surface area contributed by atoms with Crippen LogP contribution in [0.15, 0.2) is 0 Å². The standard InChI is InChI=1S/C10H20N2O/c1-7(8-5-4-6-8)12-9(13)10(2,3)11/h7-8H,4-6,11H2,1-3H3,(H,12,13). The normalized spacial score (nSPS) is 20.6. The first-order chi connectivity index (χ1) is 5.91. The fourth-order valence-corrected chi connectivity index (χ4v) is 1.45. The second-order valence-electron chi connectivity index (χ2n) is 4.67. The highest BCUT2D eigenvalue weighted by Crippen LogP contribution is 2.29. The highest BCUT2D eigenvalue weighted by Gasteiger charge is 2.28. The monoisotopic (exact) mass is 184 g/mol. The fourth-order valence-electron chi connectivity index (χ4n) is 1.45. The number of rotatable bonds is 3. The molecule has 1 unspecified atom stereocenters. The maximum Gasteiger partial charge on any atom is 0.239 e. The Hall–Kier alpha value is -0.570. The first-order valence-corrected chi connectivity index (χ1v) is 5.01. The van der Waals surface area contributed by atoms with Gasteiger partial charge in [0.25, 0.3) is 0 Å². The van der Waals surface area contributed by atoms with Gasteiger partial charge < -0.3 is 11.1 Å². The molecule has 1 rings (SSSR count). The quantitative estimate of drug-likeness (QED) is 0.688. The summed E-state index contributed by atoms with van der Waals surface area (Å²) in [6, 6.07) is 0.282. The predicted octanol–water partition coefficient (Wildman–Crippen LogP) is 1.03. The van der Waals surface area contributed by atoms with E-state index < -0.39 is 5.54 Å². The molecule has 76 valence electrons. The minimum Gasteiger partial charge on any atom is -0.352 e. The van der Waals surface area contributed by atoms with Crippen molar-refractivity contribution in [1.29, 1.82) is 0 Å². The Morgan fingerprint density at radius 1 is 1.54 bits per heavy atom. The van der Waals surface area contributed by atoms with E-state index in [0.717, 1.165) is 0 Å². The molecule has 3 N–H and O–H groups in total.